The van der Waals surface area contributed by atoms with Crippen molar-refractivity contribution in [3.05, 3.63) is 46.1 Å². The SMILES string of the molecule is Cc1cnc(Sc2ccc(Cl)c(Cl)c2)c(N)c1. The van der Waals surface area contributed by atoms with Gasteiger partial charge in [0, 0.05) is 11.1 Å². The Morgan fingerprint density at radius 1 is 1.18 bits per heavy atom. The molecule has 2 N–H and O–H groups in total. The molecule has 0 aliphatic carbocycles. The molecule has 0 saturated carbocycles. The Balaban J connectivity index is 2.28. The van der Waals surface area contributed by atoms with Crippen LogP contribution < -0.4 is 5.73 Å². The highest BCUT2D eigenvalue weighted by molar-refractivity contribution is 7.99. The number of rotatable bonds is 2. The van der Waals surface area contributed by atoms with E-state index < -0.39 is 0 Å². The first-order valence-electron chi connectivity index (χ1n) is 4.91. The van der Waals surface area contributed by atoms with E-state index in [-0.39, 0.29) is 0 Å². The van der Waals surface area contributed by atoms with Gasteiger partial charge in [-0.15, -0.1) is 0 Å². The molecule has 5 heteroatoms. The summed E-state index contributed by atoms with van der Waals surface area (Å²) in [4.78, 5) is 5.25. The van der Waals surface area contributed by atoms with Gasteiger partial charge in [0.05, 0.1) is 15.7 Å². The van der Waals surface area contributed by atoms with Crippen LogP contribution in [0.25, 0.3) is 0 Å². The van der Waals surface area contributed by atoms with Gasteiger partial charge >= 0.3 is 0 Å². The van der Waals surface area contributed by atoms with Crippen molar-refractivity contribution in [3.63, 3.8) is 0 Å². The average Bonchev–Trinajstić information content (AvgIpc) is 2.27. The van der Waals surface area contributed by atoms with Crippen molar-refractivity contribution in [3.8, 4) is 0 Å². The lowest BCUT2D eigenvalue weighted by atomic mass is 10.3. The van der Waals surface area contributed by atoms with E-state index in [9.17, 15) is 0 Å². The van der Waals surface area contributed by atoms with Crippen LogP contribution >= 0.6 is 35.0 Å². The lowest BCUT2D eigenvalue weighted by Crippen LogP contribution is -1.92. The molecule has 0 saturated heterocycles. The second-order valence-corrected chi connectivity index (χ2v) is 5.46. The molecule has 2 nitrogen and oxygen atoms in total. The molecule has 0 radical (unpaired) electrons. The monoisotopic (exact) mass is 284 g/mol. The maximum absolute atomic E-state index is 5.95. The topological polar surface area (TPSA) is 38.9 Å². The Hall–Kier alpha value is -0.900. The Morgan fingerprint density at radius 3 is 2.59 bits per heavy atom. The minimum atomic E-state index is 0.530. The van der Waals surface area contributed by atoms with Gasteiger partial charge in [-0.05, 0) is 36.8 Å². The zero-order valence-electron chi connectivity index (χ0n) is 9.08. The van der Waals surface area contributed by atoms with Crippen molar-refractivity contribution in [1.29, 1.82) is 0 Å². The molecule has 88 valence electrons. The summed E-state index contributed by atoms with van der Waals surface area (Å²) >= 11 is 13.3. The van der Waals surface area contributed by atoms with Gasteiger partial charge in [-0.25, -0.2) is 4.98 Å². The van der Waals surface area contributed by atoms with E-state index in [0.717, 1.165) is 15.5 Å². The molecular weight excluding hydrogens is 275 g/mol. The molecular formula is C12H10Cl2N2S. The number of aryl methyl sites for hydroxylation is 1. The molecule has 17 heavy (non-hydrogen) atoms. The number of nitrogen functional groups attached to an aromatic ring is 1. The van der Waals surface area contributed by atoms with Crippen LogP contribution in [0.4, 0.5) is 5.69 Å². The molecule has 0 aliphatic heterocycles. The smallest absolute Gasteiger partial charge is 0.124 e. The predicted molar refractivity (Wildman–Crippen MR) is 74.0 cm³/mol. The number of anilines is 1. The highest BCUT2D eigenvalue weighted by Gasteiger charge is 2.05. The van der Waals surface area contributed by atoms with Gasteiger partial charge in [0.15, 0.2) is 0 Å². The zero-order chi connectivity index (χ0) is 12.4. The Kier molecular flexibility index (Phi) is 3.82. The second-order valence-electron chi connectivity index (χ2n) is 3.59. The molecule has 2 aromatic rings. The maximum atomic E-state index is 5.95. The van der Waals surface area contributed by atoms with E-state index in [1.165, 1.54) is 11.8 Å². The van der Waals surface area contributed by atoms with Gasteiger partial charge in [0.2, 0.25) is 0 Å². The van der Waals surface area contributed by atoms with Gasteiger partial charge in [-0.3, -0.25) is 0 Å². The number of halogens is 2. The van der Waals surface area contributed by atoms with Crippen LogP contribution in [-0.4, -0.2) is 4.98 Å². The molecule has 0 aliphatic rings. The number of aromatic nitrogens is 1. The van der Waals surface area contributed by atoms with Gasteiger partial charge in [0.1, 0.15) is 5.03 Å². The first-order valence-corrected chi connectivity index (χ1v) is 6.48. The number of nitrogens with zero attached hydrogens (tertiary/aromatic N) is 1. The summed E-state index contributed by atoms with van der Waals surface area (Å²) in [6.07, 6.45) is 1.79. The molecule has 2 rings (SSSR count). The third-order valence-corrected chi connectivity index (χ3v) is 3.88. The van der Waals surface area contributed by atoms with Crippen LogP contribution in [0.3, 0.4) is 0 Å². The summed E-state index contributed by atoms with van der Waals surface area (Å²) in [5.74, 6) is 0. The van der Waals surface area contributed by atoms with E-state index in [4.69, 9.17) is 28.9 Å². The van der Waals surface area contributed by atoms with Crippen LogP contribution in [0.5, 0.6) is 0 Å². The molecule has 0 bridgehead atoms. The lowest BCUT2D eigenvalue weighted by molar-refractivity contribution is 1.12. The fraction of sp³-hybridized carbons (Fsp3) is 0.0833. The van der Waals surface area contributed by atoms with Crippen molar-refractivity contribution in [1.82, 2.24) is 4.98 Å². The molecule has 1 heterocycles. The Bertz CT molecular complexity index is 558. The summed E-state index contributed by atoms with van der Waals surface area (Å²) in [5.41, 5.74) is 7.61. The second kappa shape index (κ2) is 5.17. The minimum Gasteiger partial charge on any atom is -0.397 e. The van der Waals surface area contributed by atoms with Crippen LogP contribution in [-0.2, 0) is 0 Å². The third-order valence-electron chi connectivity index (χ3n) is 2.12. The van der Waals surface area contributed by atoms with Gasteiger partial charge in [0.25, 0.3) is 0 Å². The molecule has 1 aromatic heterocycles. The van der Waals surface area contributed by atoms with E-state index in [0.29, 0.717) is 15.7 Å². The summed E-state index contributed by atoms with van der Waals surface area (Å²) in [5, 5.41) is 1.84. The highest BCUT2D eigenvalue weighted by atomic mass is 35.5. The number of hydrogen-bond donors (Lipinski definition) is 1. The molecule has 0 spiro atoms. The van der Waals surface area contributed by atoms with E-state index in [1.807, 2.05) is 19.1 Å². The average molecular weight is 285 g/mol. The fourth-order valence-corrected chi connectivity index (χ4v) is 2.50. The number of nitrogens with two attached hydrogens (primary N) is 1. The van der Waals surface area contributed by atoms with Gasteiger partial charge < -0.3 is 5.73 Å². The molecule has 0 atom stereocenters. The standard InChI is InChI=1S/C12H10Cl2N2S/c1-7-4-11(15)12(16-6-7)17-8-2-3-9(13)10(14)5-8/h2-6H,15H2,1H3. The molecule has 0 unspecified atom stereocenters. The summed E-state index contributed by atoms with van der Waals surface area (Å²) in [7, 11) is 0. The van der Waals surface area contributed by atoms with Crippen molar-refractivity contribution in [2.75, 3.05) is 5.73 Å². The Labute approximate surface area is 114 Å². The van der Waals surface area contributed by atoms with Crippen molar-refractivity contribution in [2.45, 2.75) is 16.8 Å². The van der Waals surface area contributed by atoms with Gasteiger partial charge in [-0.2, -0.15) is 0 Å². The largest absolute Gasteiger partial charge is 0.397 e. The minimum absolute atomic E-state index is 0.530. The summed E-state index contributed by atoms with van der Waals surface area (Å²) < 4.78 is 0. The van der Waals surface area contributed by atoms with Crippen molar-refractivity contribution >= 4 is 40.7 Å². The van der Waals surface area contributed by atoms with Crippen molar-refractivity contribution < 1.29 is 0 Å². The Morgan fingerprint density at radius 2 is 1.94 bits per heavy atom. The quantitative estimate of drug-likeness (QED) is 0.887. The van der Waals surface area contributed by atoms with E-state index in [1.54, 1.807) is 18.3 Å². The van der Waals surface area contributed by atoms with E-state index in [2.05, 4.69) is 4.98 Å². The molecule has 1 aromatic carbocycles. The molecule has 0 amide bonds. The van der Waals surface area contributed by atoms with E-state index >= 15 is 0 Å². The number of hydrogen-bond acceptors (Lipinski definition) is 3. The fourth-order valence-electron chi connectivity index (χ4n) is 1.32. The predicted octanol–water partition coefficient (Wildman–Crippen LogP) is 4.43. The highest BCUT2D eigenvalue weighted by Crippen LogP contribution is 2.34. The number of benzene rings is 1. The van der Waals surface area contributed by atoms with Crippen LogP contribution in [0.15, 0.2) is 40.4 Å². The normalized spacial score (nSPS) is 10.5. The number of pyridine rings is 1. The first kappa shape index (κ1) is 12.6. The molecule has 0 fully saturated rings. The summed E-state index contributed by atoms with van der Waals surface area (Å²) in [6.45, 7) is 1.96. The van der Waals surface area contributed by atoms with Crippen LogP contribution in [0.1, 0.15) is 5.56 Å². The van der Waals surface area contributed by atoms with Crippen LogP contribution in [0.2, 0.25) is 10.0 Å². The summed E-state index contributed by atoms with van der Waals surface area (Å²) in [6, 6.07) is 7.35. The lowest BCUT2D eigenvalue weighted by Gasteiger charge is -2.06. The van der Waals surface area contributed by atoms with Crippen LogP contribution in [0, 0.1) is 6.92 Å². The van der Waals surface area contributed by atoms with Gasteiger partial charge in [-0.1, -0.05) is 35.0 Å². The zero-order valence-corrected chi connectivity index (χ0v) is 11.4. The maximum Gasteiger partial charge on any atom is 0.124 e. The third kappa shape index (κ3) is 3.06. The first-order chi connectivity index (χ1) is 8.06. The van der Waals surface area contributed by atoms with Crippen molar-refractivity contribution in [2.24, 2.45) is 0 Å².